The number of aryl methyl sites for hydroxylation is 1. The molecule has 0 N–H and O–H groups in total. The Kier molecular flexibility index (Phi) is 3.08. The first-order valence-corrected chi connectivity index (χ1v) is 6.99. The van der Waals surface area contributed by atoms with Crippen molar-refractivity contribution in [3.05, 3.63) is 29.7 Å². The van der Waals surface area contributed by atoms with E-state index in [0.717, 1.165) is 11.1 Å². The summed E-state index contributed by atoms with van der Waals surface area (Å²) < 4.78 is 26.2. The van der Waals surface area contributed by atoms with E-state index >= 15 is 0 Å². The third-order valence-corrected chi connectivity index (χ3v) is 4.33. The van der Waals surface area contributed by atoms with Crippen molar-refractivity contribution in [3.63, 3.8) is 0 Å². The number of hydrogen-bond donors (Lipinski definition) is 0. The van der Waals surface area contributed by atoms with Crippen LogP contribution in [0.4, 0.5) is 4.39 Å². The lowest BCUT2D eigenvalue weighted by molar-refractivity contribution is 0.00578. The topological polar surface area (TPSA) is 44.2 Å². The van der Waals surface area contributed by atoms with Crippen molar-refractivity contribution >= 4 is 23.5 Å². The zero-order valence-electron chi connectivity index (χ0n) is 12.9. The molecule has 1 aliphatic heterocycles. The Morgan fingerprint density at radius 2 is 1.62 bits per heavy atom. The van der Waals surface area contributed by atoms with Crippen LogP contribution >= 0.6 is 0 Å². The molecule has 0 saturated carbocycles. The molecule has 2 aromatic rings. The van der Waals surface area contributed by atoms with Crippen LogP contribution in [0.2, 0.25) is 0 Å². The molecule has 0 spiro atoms. The Bertz CT molecular complexity index is 702. The molecule has 0 radical (unpaired) electrons. The van der Waals surface area contributed by atoms with Crippen LogP contribution in [0.5, 0.6) is 0 Å². The maximum Gasteiger partial charge on any atom is 0.497 e. The van der Waals surface area contributed by atoms with Crippen LogP contribution in [0.25, 0.3) is 10.9 Å². The summed E-state index contributed by atoms with van der Waals surface area (Å²) in [7, 11) is -0.734. The lowest BCUT2D eigenvalue weighted by atomic mass is 9.78. The van der Waals surface area contributed by atoms with Gasteiger partial charge in [-0.05, 0) is 52.8 Å². The summed E-state index contributed by atoms with van der Waals surface area (Å²) in [5, 5.41) is 8.83. The van der Waals surface area contributed by atoms with E-state index in [9.17, 15) is 4.39 Å². The minimum Gasteiger partial charge on any atom is -0.399 e. The van der Waals surface area contributed by atoms with Crippen molar-refractivity contribution in [2.45, 2.75) is 45.8 Å². The summed E-state index contributed by atoms with van der Waals surface area (Å²) in [5.41, 5.74) is 0.743. The van der Waals surface area contributed by atoms with Crippen molar-refractivity contribution < 1.29 is 13.7 Å². The Morgan fingerprint density at radius 1 is 1.00 bits per heavy atom. The van der Waals surface area contributed by atoms with Gasteiger partial charge in [0.2, 0.25) is 0 Å². The van der Waals surface area contributed by atoms with Gasteiger partial charge in [-0.25, -0.2) is 4.39 Å². The highest BCUT2D eigenvalue weighted by Gasteiger charge is 2.52. The van der Waals surface area contributed by atoms with E-state index in [4.69, 9.17) is 9.31 Å². The second kappa shape index (κ2) is 4.48. The highest BCUT2D eigenvalue weighted by atomic mass is 19.1. The lowest BCUT2D eigenvalue weighted by Crippen LogP contribution is -2.41. The van der Waals surface area contributed by atoms with E-state index in [2.05, 4.69) is 10.2 Å². The Hall–Kier alpha value is -1.53. The predicted octanol–water partition coefficient (Wildman–Crippen LogP) is 2.38. The monoisotopic (exact) mass is 288 g/mol. The van der Waals surface area contributed by atoms with Gasteiger partial charge in [-0.2, -0.15) is 10.2 Å². The average Bonchev–Trinajstić information content (AvgIpc) is 2.57. The van der Waals surface area contributed by atoms with Crippen molar-refractivity contribution in [2.24, 2.45) is 0 Å². The van der Waals surface area contributed by atoms with Crippen LogP contribution in [0.3, 0.4) is 0 Å². The zero-order chi connectivity index (χ0) is 15.4. The van der Waals surface area contributed by atoms with Gasteiger partial charge < -0.3 is 9.31 Å². The fourth-order valence-electron chi connectivity index (χ4n) is 2.33. The van der Waals surface area contributed by atoms with Crippen LogP contribution in [0.15, 0.2) is 18.2 Å². The Morgan fingerprint density at radius 3 is 2.24 bits per heavy atom. The summed E-state index contributed by atoms with van der Waals surface area (Å²) in [6.07, 6.45) is 0. The molecule has 110 valence electrons. The largest absolute Gasteiger partial charge is 0.497 e. The molecule has 0 amide bonds. The van der Waals surface area contributed by atoms with Crippen molar-refractivity contribution in [1.29, 1.82) is 0 Å². The highest BCUT2D eigenvalue weighted by molar-refractivity contribution is 6.62. The molecule has 1 aromatic heterocycles. The number of halogens is 1. The number of nitrogens with zero attached hydrogens (tertiary/aromatic N) is 2. The second-order valence-electron chi connectivity index (χ2n) is 6.51. The van der Waals surface area contributed by atoms with Gasteiger partial charge in [0.25, 0.3) is 0 Å². The molecule has 1 fully saturated rings. The second-order valence-corrected chi connectivity index (χ2v) is 6.51. The summed E-state index contributed by atoms with van der Waals surface area (Å²) in [5.74, 6) is -0.353. The van der Waals surface area contributed by atoms with E-state index < -0.39 is 18.3 Å². The van der Waals surface area contributed by atoms with Gasteiger partial charge in [0.05, 0.1) is 22.4 Å². The van der Waals surface area contributed by atoms with Crippen molar-refractivity contribution in [3.8, 4) is 0 Å². The molecule has 1 aliphatic rings. The molecule has 0 unspecified atom stereocenters. The van der Waals surface area contributed by atoms with Gasteiger partial charge >= 0.3 is 7.12 Å². The van der Waals surface area contributed by atoms with E-state index in [1.54, 1.807) is 12.1 Å². The first kappa shape index (κ1) is 14.4. The van der Waals surface area contributed by atoms with Gasteiger partial charge in [0.1, 0.15) is 5.82 Å². The highest BCUT2D eigenvalue weighted by Crippen LogP contribution is 2.36. The van der Waals surface area contributed by atoms with Crippen molar-refractivity contribution in [1.82, 2.24) is 10.2 Å². The van der Waals surface area contributed by atoms with E-state index in [1.165, 1.54) is 6.07 Å². The Labute approximate surface area is 123 Å². The van der Waals surface area contributed by atoms with Gasteiger partial charge in [0.15, 0.2) is 0 Å². The van der Waals surface area contributed by atoms with Gasteiger partial charge in [0, 0.05) is 10.8 Å². The van der Waals surface area contributed by atoms with Crippen LogP contribution < -0.4 is 5.46 Å². The molecule has 0 bridgehead atoms. The SMILES string of the molecule is Cc1cc2cc(F)c(B3OC(C)(C)C(C)(C)O3)cc2nn1. The molecule has 0 atom stereocenters. The Balaban J connectivity index is 2.06. The third-order valence-electron chi connectivity index (χ3n) is 4.33. The summed E-state index contributed by atoms with van der Waals surface area (Å²) in [6.45, 7) is 9.58. The molecule has 1 saturated heterocycles. The molecule has 4 nitrogen and oxygen atoms in total. The first-order chi connectivity index (χ1) is 9.69. The number of fused-ring (bicyclic) bond motifs is 1. The van der Waals surface area contributed by atoms with Gasteiger partial charge in [-0.3, -0.25) is 0 Å². The van der Waals surface area contributed by atoms with E-state index in [-0.39, 0.29) is 5.82 Å². The van der Waals surface area contributed by atoms with Gasteiger partial charge in [-0.1, -0.05) is 0 Å². The first-order valence-electron chi connectivity index (χ1n) is 6.99. The third kappa shape index (κ3) is 2.32. The standard InChI is InChI=1S/C15H18BFN2O2/c1-9-6-10-7-12(17)11(8-13(10)19-18-9)16-20-14(2,3)15(4,5)21-16/h6-8H,1-5H3. The number of benzene rings is 1. The number of aromatic nitrogens is 2. The molecular weight excluding hydrogens is 270 g/mol. The summed E-state index contributed by atoms with van der Waals surface area (Å²) in [4.78, 5) is 0. The van der Waals surface area contributed by atoms with Crippen LogP contribution in [0.1, 0.15) is 33.4 Å². The van der Waals surface area contributed by atoms with Crippen LogP contribution in [0, 0.1) is 12.7 Å². The molecule has 0 aliphatic carbocycles. The molecular formula is C15H18BFN2O2. The maximum absolute atomic E-state index is 14.4. The molecule has 3 rings (SSSR count). The quantitative estimate of drug-likeness (QED) is 0.756. The maximum atomic E-state index is 14.4. The normalized spacial score (nSPS) is 20.2. The summed E-state index contributed by atoms with van der Waals surface area (Å²) >= 11 is 0. The molecule has 2 heterocycles. The van der Waals surface area contributed by atoms with E-state index in [1.807, 2.05) is 34.6 Å². The molecule has 21 heavy (non-hydrogen) atoms. The zero-order valence-corrected chi connectivity index (χ0v) is 12.9. The minimum atomic E-state index is -0.734. The van der Waals surface area contributed by atoms with E-state index in [0.29, 0.717) is 11.0 Å². The van der Waals surface area contributed by atoms with Crippen molar-refractivity contribution in [2.75, 3.05) is 0 Å². The fraction of sp³-hybridized carbons (Fsp3) is 0.467. The number of rotatable bonds is 1. The number of hydrogen-bond acceptors (Lipinski definition) is 4. The molecule has 6 heteroatoms. The van der Waals surface area contributed by atoms with Gasteiger partial charge in [-0.15, -0.1) is 0 Å². The average molecular weight is 288 g/mol. The molecule has 1 aromatic carbocycles. The summed E-state index contributed by atoms with van der Waals surface area (Å²) in [6, 6.07) is 4.91. The lowest BCUT2D eigenvalue weighted by Gasteiger charge is -2.32. The smallest absolute Gasteiger partial charge is 0.399 e. The fourth-order valence-corrected chi connectivity index (χ4v) is 2.33. The minimum absolute atomic E-state index is 0.353. The van der Waals surface area contributed by atoms with Crippen LogP contribution in [-0.2, 0) is 9.31 Å². The van der Waals surface area contributed by atoms with Crippen LogP contribution in [-0.4, -0.2) is 28.5 Å². The predicted molar refractivity (Wildman–Crippen MR) is 79.9 cm³/mol.